The average Bonchev–Trinajstić information content (AvgIpc) is 1.58. The van der Waals surface area contributed by atoms with E-state index in [1.165, 1.54) is 0 Å². The number of halogens is 8. The highest BCUT2D eigenvalue weighted by Gasteiger charge is 2.63. The zero-order chi connectivity index (χ0) is 9.50. The largest absolute Gasteiger partial charge is 0.424 e. The van der Waals surface area contributed by atoms with Crippen LogP contribution >= 0.6 is 66.7 Å². The van der Waals surface area contributed by atoms with Crippen LogP contribution < -0.4 is 0 Å². The van der Waals surface area contributed by atoms with E-state index in [4.69, 9.17) is 34.8 Å². The van der Waals surface area contributed by atoms with Crippen molar-refractivity contribution in [2.45, 2.75) is 13.2 Å². The maximum atomic E-state index is 11.9. The third-order valence-electron chi connectivity index (χ3n) is 0.712. The molecule has 11 heavy (non-hydrogen) atoms. The van der Waals surface area contributed by atoms with Gasteiger partial charge in [-0.05, 0) is 0 Å². The fraction of sp³-hybridized carbons (Fsp3) is 1.00. The Kier molecular flexibility index (Phi) is 3.91. The molecule has 0 amide bonds. The molecule has 8 heteroatoms. The van der Waals surface area contributed by atoms with Crippen LogP contribution in [0, 0.1) is 0 Å². The van der Waals surface area contributed by atoms with Crippen molar-refractivity contribution in [2.75, 3.05) is 0 Å². The van der Waals surface area contributed by atoms with Crippen LogP contribution in [0.4, 0.5) is 13.2 Å². The Bertz CT molecular complexity index is 133. The Labute approximate surface area is 92.6 Å². The molecule has 0 saturated heterocycles. The average molecular weight is 359 g/mol. The monoisotopic (exact) mass is 356 g/mol. The lowest BCUT2D eigenvalue weighted by molar-refractivity contribution is -0.139. The Morgan fingerprint density at radius 3 is 1.18 bits per heavy atom. The molecule has 0 aromatic heterocycles. The van der Waals surface area contributed by atoms with E-state index in [1.54, 1.807) is 0 Å². The summed E-state index contributed by atoms with van der Waals surface area (Å²) in [5, 5.41) is 0. The van der Waals surface area contributed by atoms with E-state index < -0.39 is 13.2 Å². The quantitative estimate of drug-likeness (QED) is 0.609. The van der Waals surface area contributed by atoms with Crippen LogP contribution in [0.1, 0.15) is 0 Å². The Balaban J connectivity index is 4.75. The molecule has 0 bridgehead atoms. The lowest BCUT2D eigenvalue weighted by Gasteiger charge is -2.29. The molecule has 0 heterocycles. The standard InChI is InChI=1S/C3Br2Cl3F3/c4-2(5,8)1(6,7)3(9,10)11. The van der Waals surface area contributed by atoms with Crippen LogP contribution in [0.5, 0.6) is 0 Å². The summed E-state index contributed by atoms with van der Waals surface area (Å²) in [6.07, 6.45) is -4.81. The van der Waals surface area contributed by atoms with E-state index >= 15 is 0 Å². The van der Waals surface area contributed by atoms with Crippen LogP contribution in [0.3, 0.4) is 0 Å². The number of rotatable bonds is 1. The number of hydrogen-bond acceptors (Lipinski definition) is 0. The van der Waals surface area contributed by atoms with Crippen LogP contribution in [0.25, 0.3) is 0 Å². The summed E-state index contributed by atoms with van der Waals surface area (Å²) in [6, 6.07) is 0. The first-order valence-electron chi connectivity index (χ1n) is 2.01. The van der Waals surface area contributed by atoms with Gasteiger partial charge >= 0.3 is 6.18 Å². The zero-order valence-electron chi connectivity index (χ0n) is 4.52. The van der Waals surface area contributed by atoms with Crippen molar-refractivity contribution in [3.8, 4) is 0 Å². The minimum Gasteiger partial charge on any atom is -0.168 e. The maximum Gasteiger partial charge on any atom is 0.424 e. The van der Waals surface area contributed by atoms with Crippen molar-refractivity contribution >= 4 is 66.7 Å². The molecule has 0 aliphatic carbocycles. The van der Waals surface area contributed by atoms with Gasteiger partial charge in [0.2, 0.25) is 0 Å². The second-order valence-corrected chi connectivity index (χ2v) is 7.82. The van der Waals surface area contributed by atoms with Crippen LogP contribution in [0.15, 0.2) is 0 Å². The summed E-state index contributed by atoms with van der Waals surface area (Å²) in [6.45, 7) is 0. The molecule has 0 atom stereocenters. The third kappa shape index (κ3) is 2.79. The van der Waals surface area contributed by atoms with Crippen molar-refractivity contribution in [1.29, 1.82) is 0 Å². The Morgan fingerprint density at radius 2 is 1.18 bits per heavy atom. The first kappa shape index (κ1) is 12.6. The van der Waals surface area contributed by atoms with Gasteiger partial charge in [-0.2, -0.15) is 13.2 Å². The fourth-order valence-electron chi connectivity index (χ4n) is 0.161. The molecule has 0 spiro atoms. The SMILES string of the molecule is FC(F)(F)C(Cl)(Cl)C(Cl)(Br)Br. The molecule has 0 unspecified atom stereocenters. The molecule has 0 nitrogen and oxygen atoms in total. The Hall–Kier alpha value is 1.62. The topological polar surface area (TPSA) is 0 Å². The van der Waals surface area contributed by atoms with Gasteiger partial charge in [-0.1, -0.05) is 66.7 Å². The minimum atomic E-state index is -4.81. The first-order valence-corrected chi connectivity index (χ1v) is 4.73. The smallest absolute Gasteiger partial charge is 0.168 e. The van der Waals surface area contributed by atoms with Gasteiger partial charge in [0.05, 0.1) is 0 Å². The number of alkyl halides is 8. The molecule has 0 aromatic rings. The van der Waals surface area contributed by atoms with Crippen LogP contribution in [-0.4, -0.2) is 13.2 Å². The van der Waals surface area contributed by atoms with E-state index in [0.717, 1.165) is 0 Å². The molecular formula is C3Br2Cl3F3. The lowest BCUT2D eigenvalue weighted by atomic mass is 10.4. The minimum absolute atomic E-state index is 2.12. The second kappa shape index (κ2) is 3.40. The van der Waals surface area contributed by atoms with Gasteiger partial charge in [-0.15, -0.1) is 0 Å². The molecule has 0 N–H and O–H groups in total. The second-order valence-electron chi connectivity index (χ2n) is 1.57. The molecule has 0 aromatic carbocycles. The molecule has 0 fully saturated rings. The predicted octanol–water partition coefficient (Wildman–Crippen LogP) is 4.41. The van der Waals surface area contributed by atoms with E-state index in [2.05, 4.69) is 31.9 Å². The summed E-state index contributed by atoms with van der Waals surface area (Å²) in [4.78, 5) is 0. The van der Waals surface area contributed by atoms with Gasteiger partial charge < -0.3 is 0 Å². The molecule has 0 aliphatic rings. The molecule has 68 valence electrons. The van der Waals surface area contributed by atoms with Gasteiger partial charge in [0.15, 0.2) is 2.69 Å². The van der Waals surface area contributed by atoms with Gasteiger partial charge in [-0.25, -0.2) is 0 Å². The first-order chi connectivity index (χ1) is 4.50. The zero-order valence-corrected chi connectivity index (χ0v) is 9.96. The maximum absolute atomic E-state index is 11.9. The predicted molar refractivity (Wildman–Crippen MR) is 46.9 cm³/mol. The molecule has 0 saturated carbocycles. The van der Waals surface area contributed by atoms with Crippen molar-refractivity contribution in [1.82, 2.24) is 0 Å². The Morgan fingerprint density at radius 1 is 0.909 bits per heavy atom. The van der Waals surface area contributed by atoms with Crippen molar-refractivity contribution in [3.63, 3.8) is 0 Å². The van der Waals surface area contributed by atoms with Gasteiger partial charge in [0.25, 0.3) is 4.33 Å². The van der Waals surface area contributed by atoms with E-state index in [1.807, 2.05) is 0 Å². The summed E-state index contributed by atoms with van der Waals surface area (Å²) in [5.41, 5.74) is 0. The van der Waals surface area contributed by atoms with E-state index in [-0.39, 0.29) is 0 Å². The summed E-state index contributed by atoms with van der Waals surface area (Å²) in [7, 11) is 0. The molecule has 0 radical (unpaired) electrons. The van der Waals surface area contributed by atoms with Crippen molar-refractivity contribution in [2.24, 2.45) is 0 Å². The molecule has 0 aliphatic heterocycles. The van der Waals surface area contributed by atoms with Gasteiger partial charge in [-0.3, -0.25) is 0 Å². The highest BCUT2D eigenvalue weighted by Crippen LogP contribution is 2.56. The van der Waals surface area contributed by atoms with Crippen molar-refractivity contribution in [3.05, 3.63) is 0 Å². The highest BCUT2D eigenvalue weighted by atomic mass is 79.9. The summed E-state index contributed by atoms with van der Waals surface area (Å²) in [5.74, 6) is 0. The van der Waals surface area contributed by atoms with Crippen LogP contribution in [-0.2, 0) is 0 Å². The van der Waals surface area contributed by atoms with Gasteiger partial charge in [0, 0.05) is 0 Å². The van der Waals surface area contributed by atoms with Crippen LogP contribution in [0.2, 0.25) is 0 Å². The van der Waals surface area contributed by atoms with E-state index in [0.29, 0.717) is 0 Å². The third-order valence-corrected chi connectivity index (χ3v) is 4.29. The van der Waals surface area contributed by atoms with Gasteiger partial charge in [0.1, 0.15) is 0 Å². The molecule has 0 rings (SSSR count). The number of hydrogen-bond donors (Lipinski definition) is 0. The lowest BCUT2D eigenvalue weighted by Crippen LogP contribution is -2.44. The summed E-state index contributed by atoms with van der Waals surface area (Å²) >= 11 is 19.8. The summed E-state index contributed by atoms with van der Waals surface area (Å²) < 4.78 is 30.6. The van der Waals surface area contributed by atoms with Crippen molar-refractivity contribution < 1.29 is 13.2 Å². The highest BCUT2D eigenvalue weighted by molar-refractivity contribution is 9.26. The fourth-order valence-corrected chi connectivity index (χ4v) is 0.717. The van der Waals surface area contributed by atoms with E-state index in [9.17, 15) is 13.2 Å². The molecular weight excluding hydrogens is 359 g/mol. The normalized spacial score (nSPS) is 15.3.